The summed E-state index contributed by atoms with van der Waals surface area (Å²) in [6.45, 7) is 4.17. The second-order valence-corrected chi connectivity index (χ2v) is 19.9. The highest BCUT2D eigenvalue weighted by Crippen LogP contribution is 2.44. The molecule has 0 bridgehead atoms. The maximum Gasteiger partial charge on any atom is 0.256 e. The van der Waals surface area contributed by atoms with Gasteiger partial charge in [-0.15, -0.1) is 0 Å². The van der Waals surface area contributed by atoms with Crippen LogP contribution in [-0.2, 0) is 43.9 Å². The van der Waals surface area contributed by atoms with Crippen LogP contribution in [0.1, 0.15) is 52.7 Å². The molecule has 8 aromatic rings. The molecule has 350 valence electrons. The van der Waals surface area contributed by atoms with E-state index in [1.54, 1.807) is 24.3 Å². The molecule has 12 heteroatoms. The molecule has 0 saturated carbocycles. The molecule has 0 unspecified atom stereocenters. The zero-order valence-electron chi connectivity index (χ0n) is 38.3. The smallest absolute Gasteiger partial charge is 0.256 e. The van der Waals surface area contributed by atoms with E-state index in [2.05, 4.69) is 17.0 Å². The zero-order valence-corrected chi connectivity index (χ0v) is 39.9. The minimum Gasteiger partial charge on any atom is -0.431 e. The van der Waals surface area contributed by atoms with E-state index in [1.165, 1.54) is 11.8 Å². The van der Waals surface area contributed by atoms with Crippen LogP contribution in [0.3, 0.4) is 0 Å². The molecule has 7 aromatic carbocycles. The first-order valence-electron chi connectivity index (χ1n) is 22.9. The van der Waals surface area contributed by atoms with Crippen molar-refractivity contribution in [3.05, 3.63) is 221 Å². The van der Waals surface area contributed by atoms with E-state index < -0.39 is 28.3 Å². The summed E-state index contributed by atoms with van der Waals surface area (Å²) in [7, 11) is -3.98. The second kappa shape index (κ2) is 21.8. The van der Waals surface area contributed by atoms with Crippen LogP contribution in [0.2, 0.25) is 0 Å². The molecule has 2 heterocycles. The van der Waals surface area contributed by atoms with Gasteiger partial charge in [0.15, 0.2) is 12.1 Å². The highest BCUT2D eigenvalue weighted by Gasteiger charge is 2.39. The Bertz CT molecular complexity index is 3000. The number of thioether (sulfide) groups is 1. The molecule has 5 atom stereocenters. The van der Waals surface area contributed by atoms with Crippen LogP contribution in [-0.4, -0.2) is 42.3 Å². The monoisotopic (exact) mass is 955 g/mol. The number of hydrogen-bond acceptors (Lipinski definition) is 9. The summed E-state index contributed by atoms with van der Waals surface area (Å²) in [4.78, 5) is 18.9. The average molecular weight is 956 g/mol. The quantitative estimate of drug-likeness (QED) is 0.0761. The van der Waals surface area contributed by atoms with Crippen molar-refractivity contribution in [1.29, 1.82) is 0 Å². The number of carbonyl (C=O) groups is 1. The number of hydrogen-bond donors (Lipinski definition) is 3. The first-order valence-corrected chi connectivity index (χ1v) is 25.4. The predicted octanol–water partition coefficient (Wildman–Crippen LogP) is 11.3. The topological polar surface area (TPSA) is 140 Å². The molecule has 3 N–H and O–H groups in total. The number of amides is 1. The predicted molar refractivity (Wildman–Crippen MR) is 270 cm³/mol. The highest BCUT2D eigenvalue weighted by molar-refractivity contribution is 7.99. The van der Waals surface area contributed by atoms with E-state index in [-0.39, 0.29) is 42.6 Å². The number of ether oxygens (including phenoxy) is 2. The molecular formula is C57H53N3O7S2. The second-order valence-electron chi connectivity index (χ2n) is 17.2. The maximum atomic E-state index is 13.8. The fourth-order valence-electron chi connectivity index (χ4n) is 8.42. The zero-order chi connectivity index (χ0) is 47.7. The number of aromatic nitrogens is 1. The number of aliphatic hydroxyl groups is 1. The Morgan fingerprint density at radius 2 is 1.30 bits per heavy atom. The Kier molecular flexibility index (Phi) is 15.0. The van der Waals surface area contributed by atoms with E-state index in [4.69, 9.17) is 18.9 Å². The van der Waals surface area contributed by atoms with Gasteiger partial charge in [0.05, 0.1) is 23.7 Å². The van der Waals surface area contributed by atoms with Gasteiger partial charge in [0.2, 0.25) is 15.9 Å². The fraction of sp³-hybridized carbons (Fsp3) is 0.193. The van der Waals surface area contributed by atoms with Crippen molar-refractivity contribution in [2.45, 2.75) is 68.1 Å². The summed E-state index contributed by atoms with van der Waals surface area (Å²) in [6, 6.07) is 58.8. The molecule has 1 amide bonds. The molecule has 0 radical (unpaired) electrons. The number of oxazole rings is 1. The Morgan fingerprint density at radius 3 is 1.99 bits per heavy atom. The van der Waals surface area contributed by atoms with Crippen molar-refractivity contribution < 1.29 is 32.2 Å². The summed E-state index contributed by atoms with van der Waals surface area (Å²) < 4.78 is 49.6. The number of rotatable bonds is 17. The lowest BCUT2D eigenvalue weighted by molar-refractivity contribution is -0.268. The summed E-state index contributed by atoms with van der Waals surface area (Å²) in [5.41, 5.74) is 9.90. The first kappa shape index (κ1) is 47.4. The third kappa shape index (κ3) is 11.6. The fourth-order valence-corrected chi connectivity index (χ4v) is 10.6. The Labute approximate surface area is 407 Å². The van der Waals surface area contributed by atoms with Crippen molar-refractivity contribution in [3.8, 4) is 33.7 Å². The van der Waals surface area contributed by atoms with E-state index in [0.717, 1.165) is 61.3 Å². The molecule has 1 aromatic heterocycles. The van der Waals surface area contributed by atoms with Crippen molar-refractivity contribution in [2.75, 3.05) is 5.75 Å². The SMILES string of the molecule is Cc1ccc(S(=O)(=O)N[C@H](Cc2ccccc2)C(=O)NCc2cccc(-c3ccc([C@H]4O[C@@H](CSc5nc(-c6ccccc6)c(-c6ccccc6)o5)[C@@H](C)[C@@H](c5ccc(CO)cc5)O4)cc3)c2)cc1. The summed E-state index contributed by atoms with van der Waals surface area (Å²) >= 11 is 1.52. The van der Waals surface area contributed by atoms with Gasteiger partial charge >= 0.3 is 0 Å². The number of carbonyl (C=O) groups excluding carboxylic acids is 1. The number of benzene rings is 7. The van der Waals surface area contributed by atoms with Gasteiger partial charge in [0.1, 0.15) is 11.7 Å². The lowest BCUT2D eigenvalue weighted by Gasteiger charge is -2.41. The normalized spacial score (nSPS) is 17.6. The van der Waals surface area contributed by atoms with Gasteiger partial charge < -0.3 is 24.3 Å². The molecule has 0 aliphatic carbocycles. The van der Waals surface area contributed by atoms with Crippen LogP contribution >= 0.6 is 11.8 Å². The molecule has 1 aliphatic rings. The lowest BCUT2D eigenvalue weighted by atomic mass is 9.91. The van der Waals surface area contributed by atoms with Crippen molar-refractivity contribution >= 4 is 27.7 Å². The molecule has 9 rings (SSSR count). The van der Waals surface area contributed by atoms with Gasteiger partial charge in [-0.1, -0.05) is 194 Å². The third-order valence-corrected chi connectivity index (χ3v) is 14.7. The highest BCUT2D eigenvalue weighted by atomic mass is 32.2. The number of aryl methyl sites for hydroxylation is 1. The van der Waals surface area contributed by atoms with Crippen molar-refractivity contribution in [1.82, 2.24) is 15.0 Å². The summed E-state index contributed by atoms with van der Waals surface area (Å²) in [6.07, 6.45) is -1.05. The molecule has 1 saturated heterocycles. The maximum absolute atomic E-state index is 13.8. The Hall–Kier alpha value is -6.64. The molecule has 1 fully saturated rings. The first-order chi connectivity index (χ1) is 33.6. The molecular weight excluding hydrogens is 903 g/mol. The minimum atomic E-state index is -3.98. The average Bonchev–Trinajstić information content (AvgIpc) is 3.83. The number of aliphatic hydroxyl groups excluding tert-OH is 1. The van der Waals surface area contributed by atoms with Gasteiger partial charge in [-0.3, -0.25) is 4.79 Å². The van der Waals surface area contributed by atoms with Crippen LogP contribution in [0.5, 0.6) is 0 Å². The molecule has 0 spiro atoms. The van der Waals surface area contributed by atoms with Crippen molar-refractivity contribution in [3.63, 3.8) is 0 Å². The van der Waals surface area contributed by atoms with E-state index in [9.17, 15) is 18.3 Å². The molecule has 69 heavy (non-hydrogen) atoms. The Balaban J connectivity index is 0.908. The molecule has 10 nitrogen and oxygen atoms in total. The number of nitrogens with zero attached hydrogens (tertiary/aromatic N) is 1. The van der Waals surface area contributed by atoms with E-state index >= 15 is 0 Å². The van der Waals surface area contributed by atoms with Crippen LogP contribution in [0.4, 0.5) is 0 Å². The molecule has 1 aliphatic heterocycles. The minimum absolute atomic E-state index is 0.0452. The van der Waals surface area contributed by atoms with Gasteiger partial charge in [0, 0.05) is 34.9 Å². The van der Waals surface area contributed by atoms with E-state index in [0.29, 0.717) is 16.7 Å². The third-order valence-electron chi connectivity index (χ3n) is 12.3. The standard InChI is InChI=1S/C57H53N3O7S2/c1-38-21-31-49(32-22-38)69(63,64)60-50(34-40-13-6-3-7-14-40)55(62)58-35-42-15-12-20-48(33-42)43-27-29-47(30-28-43)56-65-51(39(2)53(66-56)46-25-23-41(36-61)24-26-46)37-68-57-59-52(44-16-8-4-9-17-44)54(67-57)45-18-10-5-11-19-45/h3-33,39,50-51,53,56,60-61H,34-37H2,1-2H3,(H,58,62)/t39-,50-,51+,53+,56+/m1/s1. The number of sulfonamides is 1. The van der Waals surface area contributed by atoms with Crippen LogP contribution in [0.25, 0.3) is 33.7 Å². The van der Waals surface area contributed by atoms with Gasteiger partial charge in [0.25, 0.3) is 5.22 Å². The van der Waals surface area contributed by atoms with Crippen LogP contribution in [0.15, 0.2) is 203 Å². The number of nitrogens with one attached hydrogen (secondary N) is 2. The summed E-state index contributed by atoms with van der Waals surface area (Å²) in [5.74, 6) is 0.796. The van der Waals surface area contributed by atoms with Gasteiger partial charge in [-0.2, -0.15) is 4.72 Å². The van der Waals surface area contributed by atoms with Gasteiger partial charge in [-0.25, -0.2) is 13.4 Å². The van der Waals surface area contributed by atoms with Crippen LogP contribution < -0.4 is 10.0 Å². The van der Waals surface area contributed by atoms with Crippen molar-refractivity contribution in [2.24, 2.45) is 5.92 Å². The van der Waals surface area contributed by atoms with Crippen LogP contribution in [0, 0.1) is 12.8 Å². The lowest BCUT2D eigenvalue weighted by Crippen LogP contribution is -2.47. The largest absolute Gasteiger partial charge is 0.431 e. The Morgan fingerprint density at radius 1 is 0.681 bits per heavy atom. The summed E-state index contributed by atoms with van der Waals surface area (Å²) in [5, 5.41) is 13.3. The van der Waals surface area contributed by atoms with Gasteiger partial charge in [-0.05, 0) is 64.9 Å². The van der Waals surface area contributed by atoms with E-state index in [1.807, 2.05) is 171 Å².